The van der Waals surface area contributed by atoms with Crippen molar-refractivity contribution in [3.05, 3.63) is 47.2 Å². The molecule has 6 nitrogen and oxygen atoms in total. The molecule has 0 aliphatic carbocycles. The number of piperazine rings is 1. The zero-order valence-electron chi connectivity index (χ0n) is 15.5. The van der Waals surface area contributed by atoms with Crippen molar-refractivity contribution in [1.29, 1.82) is 0 Å². The van der Waals surface area contributed by atoms with Gasteiger partial charge >= 0.3 is 0 Å². The Morgan fingerprint density at radius 2 is 2.00 bits per heavy atom. The summed E-state index contributed by atoms with van der Waals surface area (Å²) < 4.78 is 1.85. The molecule has 2 aromatic rings. The maximum absolute atomic E-state index is 6.32. The average Bonchev–Trinajstić information content (AvgIpc) is 3.08. The standard InChI is InChI=1S/C19H27ClN6/c1-21-19(22-9-5-6-16-14-23-24(2)15-16)26-12-10-25(11-13-26)18-8-4-3-7-17(18)20/h3-4,7-8,14-15H,5-6,9-13H2,1-2H3,(H,21,22). The molecule has 3 rings (SSSR count). The highest BCUT2D eigenvalue weighted by atomic mass is 35.5. The van der Waals surface area contributed by atoms with E-state index in [-0.39, 0.29) is 0 Å². The molecule has 1 N–H and O–H groups in total. The molecule has 0 radical (unpaired) electrons. The van der Waals surface area contributed by atoms with Gasteiger partial charge in [-0.1, -0.05) is 23.7 Å². The van der Waals surface area contributed by atoms with E-state index in [0.717, 1.165) is 62.2 Å². The first-order valence-corrected chi connectivity index (χ1v) is 9.48. The van der Waals surface area contributed by atoms with Crippen LogP contribution in [-0.4, -0.2) is 60.4 Å². The summed E-state index contributed by atoms with van der Waals surface area (Å²) in [4.78, 5) is 9.10. The van der Waals surface area contributed by atoms with Crippen LogP contribution in [0.25, 0.3) is 0 Å². The molecule has 2 heterocycles. The molecule has 0 bridgehead atoms. The largest absolute Gasteiger partial charge is 0.367 e. The fraction of sp³-hybridized carbons (Fsp3) is 0.474. The van der Waals surface area contributed by atoms with Gasteiger partial charge in [-0.2, -0.15) is 5.10 Å². The zero-order valence-corrected chi connectivity index (χ0v) is 16.3. The van der Waals surface area contributed by atoms with Crippen LogP contribution in [0.15, 0.2) is 41.7 Å². The molecule has 0 atom stereocenters. The second-order valence-corrected chi connectivity index (χ2v) is 6.93. The van der Waals surface area contributed by atoms with Crippen molar-refractivity contribution < 1.29 is 0 Å². The lowest BCUT2D eigenvalue weighted by molar-refractivity contribution is 0.372. The number of para-hydroxylation sites is 1. The first-order chi connectivity index (χ1) is 12.7. The first kappa shape index (κ1) is 18.6. The highest BCUT2D eigenvalue weighted by Gasteiger charge is 2.20. The third-order valence-corrected chi connectivity index (χ3v) is 4.99. The minimum atomic E-state index is 0.818. The van der Waals surface area contributed by atoms with Gasteiger partial charge in [0.05, 0.1) is 16.9 Å². The molecule has 1 aromatic heterocycles. The minimum Gasteiger partial charge on any atom is -0.367 e. The number of rotatable bonds is 5. The molecule has 1 aromatic carbocycles. The summed E-state index contributed by atoms with van der Waals surface area (Å²) >= 11 is 6.32. The maximum atomic E-state index is 6.32. The molecule has 140 valence electrons. The van der Waals surface area contributed by atoms with Gasteiger partial charge in [0.1, 0.15) is 0 Å². The van der Waals surface area contributed by atoms with Crippen molar-refractivity contribution in [1.82, 2.24) is 20.0 Å². The number of nitrogens with one attached hydrogen (secondary N) is 1. The summed E-state index contributed by atoms with van der Waals surface area (Å²) in [7, 11) is 3.80. The number of hydrogen-bond acceptors (Lipinski definition) is 3. The predicted molar refractivity (Wildman–Crippen MR) is 108 cm³/mol. The van der Waals surface area contributed by atoms with Crippen molar-refractivity contribution in [3.8, 4) is 0 Å². The van der Waals surface area contributed by atoms with Gasteiger partial charge < -0.3 is 15.1 Å². The summed E-state index contributed by atoms with van der Waals surface area (Å²) in [6.45, 7) is 4.67. The first-order valence-electron chi connectivity index (χ1n) is 9.10. The van der Waals surface area contributed by atoms with E-state index >= 15 is 0 Å². The van der Waals surface area contributed by atoms with Gasteiger partial charge in [-0.25, -0.2) is 0 Å². The van der Waals surface area contributed by atoms with Gasteiger partial charge in [-0.3, -0.25) is 9.67 Å². The monoisotopic (exact) mass is 374 g/mol. The van der Waals surface area contributed by atoms with Crippen LogP contribution in [0.4, 0.5) is 5.69 Å². The molecular formula is C19H27ClN6. The Morgan fingerprint density at radius 1 is 1.23 bits per heavy atom. The number of aliphatic imine (C=N–C) groups is 1. The molecule has 7 heteroatoms. The third-order valence-electron chi connectivity index (χ3n) is 4.67. The topological polar surface area (TPSA) is 48.7 Å². The highest BCUT2D eigenvalue weighted by Crippen LogP contribution is 2.25. The van der Waals surface area contributed by atoms with E-state index in [9.17, 15) is 0 Å². The number of guanidine groups is 1. The van der Waals surface area contributed by atoms with E-state index in [1.807, 2.05) is 43.2 Å². The van der Waals surface area contributed by atoms with Crippen LogP contribution in [0.1, 0.15) is 12.0 Å². The Labute approximate surface area is 160 Å². The van der Waals surface area contributed by atoms with Gasteiger partial charge in [0.2, 0.25) is 0 Å². The lowest BCUT2D eigenvalue weighted by Crippen LogP contribution is -2.52. The Hall–Kier alpha value is -2.21. The summed E-state index contributed by atoms with van der Waals surface area (Å²) in [5.74, 6) is 0.981. The van der Waals surface area contributed by atoms with E-state index in [1.165, 1.54) is 5.56 Å². The van der Waals surface area contributed by atoms with Crippen molar-refractivity contribution in [2.75, 3.05) is 44.7 Å². The van der Waals surface area contributed by atoms with Crippen LogP contribution < -0.4 is 10.2 Å². The third kappa shape index (κ3) is 4.69. The predicted octanol–water partition coefficient (Wildman–Crippen LogP) is 2.40. The molecule has 1 fully saturated rings. The van der Waals surface area contributed by atoms with Gasteiger partial charge in [0.15, 0.2) is 5.96 Å². The number of aryl methyl sites for hydroxylation is 2. The summed E-state index contributed by atoms with van der Waals surface area (Å²) in [6.07, 6.45) is 6.09. The lowest BCUT2D eigenvalue weighted by atomic mass is 10.2. The molecule has 0 amide bonds. The number of halogens is 1. The highest BCUT2D eigenvalue weighted by molar-refractivity contribution is 6.33. The van der Waals surface area contributed by atoms with Crippen molar-refractivity contribution in [2.24, 2.45) is 12.0 Å². The number of hydrogen-bond donors (Lipinski definition) is 1. The second kappa shape index (κ2) is 8.94. The number of benzene rings is 1. The maximum Gasteiger partial charge on any atom is 0.193 e. The minimum absolute atomic E-state index is 0.818. The number of anilines is 1. The summed E-state index contributed by atoms with van der Waals surface area (Å²) in [5.41, 5.74) is 2.39. The van der Waals surface area contributed by atoms with Crippen molar-refractivity contribution >= 4 is 23.2 Å². The Morgan fingerprint density at radius 3 is 2.65 bits per heavy atom. The summed E-state index contributed by atoms with van der Waals surface area (Å²) in [5, 5.41) is 8.51. The second-order valence-electron chi connectivity index (χ2n) is 6.53. The summed E-state index contributed by atoms with van der Waals surface area (Å²) in [6, 6.07) is 8.05. The van der Waals surface area contributed by atoms with Crippen LogP contribution in [0.2, 0.25) is 5.02 Å². The number of nitrogens with zero attached hydrogens (tertiary/aromatic N) is 5. The number of aromatic nitrogens is 2. The van der Waals surface area contributed by atoms with Gasteiger partial charge in [0, 0.05) is 53.0 Å². The fourth-order valence-electron chi connectivity index (χ4n) is 3.29. The average molecular weight is 375 g/mol. The zero-order chi connectivity index (χ0) is 18.4. The van der Waals surface area contributed by atoms with E-state index in [1.54, 1.807) is 0 Å². The molecule has 0 saturated carbocycles. The molecule has 26 heavy (non-hydrogen) atoms. The van der Waals surface area contributed by atoms with E-state index in [2.05, 4.69) is 37.5 Å². The van der Waals surface area contributed by atoms with Crippen LogP contribution in [0.3, 0.4) is 0 Å². The van der Waals surface area contributed by atoms with E-state index in [0.29, 0.717) is 0 Å². The smallest absolute Gasteiger partial charge is 0.193 e. The van der Waals surface area contributed by atoms with Gasteiger partial charge in [-0.05, 0) is 30.5 Å². The molecule has 1 saturated heterocycles. The lowest BCUT2D eigenvalue weighted by Gasteiger charge is -2.38. The Balaban J connectivity index is 1.44. The molecule has 1 aliphatic rings. The SMILES string of the molecule is CN=C(NCCCc1cnn(C)c1)N1CCN(c2ccccc2Cl)CC1. The van der Waals surface area contributed by atoms with Crippen LogP contribution >= 0.6 is 11.6 Å². The Kier molecular flexibility index (Phi) is 6.39. The van der Waals surface area contributed by atoms with E-state index < -0.39 is 0 Å². The van der Waals surface area contributed by atoms with Crippen LogP contribution in [-0.2, 0) is 13.5 Å². The van der Waals surface area contributed by atoms with E-state index in [4.69, 9.17) is 11.6 Å². The van der Waals surface area contributed by atoms with Crippen LogP contribution in [0.5, 0.6) is 0 Å². The fourth-order valence-corrected chi connectivity index (χ4v) is 3.55. The van der Waals surface area contributed by atoms with Crippen molar-refractivity contribution in [2.45, 2.75) is 12.8 Å². The van der Waals surface area contributed by atoms with Gasteiger partial charge in [-0.15, -0.1) is 0 Å². The van der Waals surface area contributed by atoms with Crippen LogP contribution in [0, 0.1) is 0 Å². The Bertz CT molecular complexity index is 733. The quantitative estimate of drug-likeness (QED) is 0.496. The normalized spacial score (nSPS) is 15.4. The molecular weight excluding hydrogens is 348 g/mol. The van der Waals surface area contributed by atoms with Gasteiger partial charge in [0.25, 0.3) is 0 Å². The molecule has 1 aliphatic heterocycles. The molecule has 0 unspecified atom stereocenters. The molecule has 0 spiro atoms. The van der Waals surface area contributed by atoms with Crippen molar-refractivity contribution in [3.63, 3.8) is 0 Å².